The number of hydrogen-bond acceptors (Lipinski definition) is 5. The Morgan fingerprint density at radius 2 is 1.68 bits per heavy atom. The summed E-state index contributed by atoms with van der Waals surface area (Å²) in [5.74, 6) is -1.80. The van der Waals surface area contributed by atoms with E-state index < -0.39 is 34.2 Å². The van der Waals surface area contributed by atoms with Crippen molar-refractivity contribution in [1.29, 1.82) is 0 Å². The molecule has 2 aromatic rings. The van der Waals surface area contributed by atoms with Gasteiger partial charge in [0, 0.05) is 19.7 Å². The molecule has 0 saturated heterocycles. The smallest absolute Gasteiger partial charge is 0.338 e. The lowest BCUT2D eigenvalue weighted by molar-refractivity contribution is 0.0474. The lowest BCUT2D eigenvalue weighted by atomic mass is 10.1. The van der Waals surface area contributed by atoms with Gasteiger partial charge in [-0.05, 0) is 42.5 Å². The number of halogens is 1. The summed E-state index contributed by atoms with van der Waals surface area (Å²) >= 11 is 0. The molecule has 2 aromatic carbocycles. The summed E-state index contributed by atoms with van der Waals surface area (Å²) in [4.78, 5) is 23.9. The van der Waals surface area contributed by atoms with Gasteiger partial charge in [0.25, 0.3) is 0 Å². The van der Waals surface area contributed by atoms with Gasteiger partial charge in [-0.3, -0.25) is 4.79 Å². The van der Waals surface area contributed by atoms with Gasteiger partial charge in [0.2, 0.25) is 10.0 Å². The van der Waals surface area contributed by atoms with Crippen LogP contribution in [-0.2, 0) is 14.8 Å². The van der Waals surface area contributed by atoms with E-state index in [4.69, 9.17) is 4.74 Å². The minimum atomic E-state index is -3.69. The third-order valence-electron chi connectivity index (χ3n) is 3.35. The Morgan fingerprint density at radius 1 is 1.04 bits per heavy atom. The van der Waals surface area contributed by atoms with Crippen LogP contribution in [0.5, 0.6) is 0 Å². The van der Waals surface area contributed by atoms with E-state index in [0.717, 1.165) is 16.4 Å². The van der Waals surface area contributed by atoms with Crippen molar-refractivity contribution < 1.29 is 27.1 Å². The van der Waals surface area contributed by atoms with Crippen molar-refractivity contribution in [2.45, 2.75) is 4.90 Å². The molecule has 132 valence electrons. The van der Waals surface area contributed by atoms with Crippen molar-refractivity contribution in [3.8, 4) is 0 Å². The van der Waals surface area contributed by atoms with Gasteiger partial charge in [0.15, 0.2) is 12.4 Å². The summed E-state index contributed by atoms with van der Waals surface area (Å²) in [6.45, 7) is -0.533. The van der Waals surface area contributed by atoms with Crippen molar-refractivity contribution in [3.63, 3.8) is 0 Å². The molecule has 0 saturated carbocycles. The van der Waals surface area contributed by atoms with Gasteiger partial charge in [-0.1, -0.05) is 6.07 Å². The van der Waals surface area contributed by atoms with Crippen LogP contribution in [0.4, 0.5) is 4.39 Å². The van der Waals surface area contributed by atoms with Gasteiger partial charge in [0.05, 0.1) is 10.5 Å². The second kappa shape index (κ2) is 7.54. The molecule has 0 fully saturated rings. The fourth-order valence-electron chi connectivity index (χ4n) is 1.93. The summed E-state index contributed by atoms with van der Waals surface area (Å²) in [7, 11) is -0.935. The van der Waals surface area contributed by atoms with Crippen LogP contribution >= 0.6 is 0 Å². The van der Waals surface area contributed by atoms with Crippen molar-refractivity contribution in [2.24, 2.45) is 0 Å². The molecule has 0 amide bonds. The van der Waals surface area contributed by atoms with E-state index in [1.807, 2.05) is 0 Å². The Balaban J connectivity index is 2.09. The minimum absolute atomic E-state index is 0.00910. The molecule has 0 unspecified atom stereocenters. The topological polar surface area (TPSA) is 80.8 Å². The largest absolute Gasteiger partial charge is 0.454 e. The summed E-state index contributed by atoms with van der Waals surface area (Å²) < 4.78 is 42.9. The number of rotatable bonds is 6. The third-order valence-corrected chi connectivity index (χ3v) is 5.16. The lowest BCUT2D eigenvalue weighted by Gasteiger charge is -2.12. The van der Waals surface area contributed by atoms with Crippen LogP contribution in [0.15, 0.2) is 53.4 Å². The van der Waals surface area contributed by atoms with Crippen molar-refractivity contribution in [1.82, 2.24) is 4.31 Å². The maximum Gasteiger partial charge on any atom is 0.338 e. The predicted octanol–water partition coefficient (Wildman–Crippen LogP) is 2.12. The second-order valence-electron chi connectivity index (χ2n) is 5.32. The molecule has 2 rings (SSSR count). The predicted molar refractivity (Wildman–Crippen MR) is 88.3 cm³/mol. The number of nitrogens with zero attached hydrogens (tertiary/aromatic N) is 1. The minimum Gasteiger partial charge on any atom is -0.454 e. The molecule has 8 heteroatoms. The van der Waals surface area contributed by atoms with E-state index in [0.29, 0.717) is 0 Å². The normalized spacial score (nSPS) is 11.4. The fourth-order valence-corrected chi connectivity index (χ4v) is 2.88. The number of carbonyl (C=O) groups is 2. The van der Waals surface area contributed by atoms with Gasteiger partial charge in [-0.2, -0.15) is 0 Å². The number of esters is 1. The van der Waals surface area contributed by atoms with E-state index in [-0.39, 0.29) is 16.0 Å². The highest BCUT2D eigenvalue weighted by molar-refractivity contribution is 7.89. The first-order valence-corrected chi connectivity index (χ1v) is 8.64. The Labute approximate surface area is 144 Å². The molecular weight excluding hydrogens is 349 g/mol. The van der Waals surface area contributed by atoms with E-state index in [9.17, 15) is 22.4 Å². The van der Waals surface area contributed by atoms with E-state index in [2.05, 4.69) is 0 Å². The maximum atomic E-state index is 12.8. The zero-order chi connectivity index (χ0) is 18.6. The molecule has 6 nitrogen and oxygen atoms in total. The Bertz CT molecular complexity index is 892. The van der Waals surface area contributed by atoms with Gasteiger partial charge in [-0.15, -0.1) is 0 Å². The molecule has 0 aliphatic rings. The first-order chi connectivity index (χ1) is 11.7. The SMILES string of the molecule is CN(C)S(=O)(=O)c1cccc(C(=O)OCC(=O)c2ccc(F)cc2)c1. The van der Waals surface area contributed by atoms with Crippen molar-refractivity contribution in [3.05, 3.63) is 65.5 Å². The van der Waals surface area contributed by atoms with Crippen LogP contribution in [0.2, 0.25) is 0 Å². The standard InChI is InChI=1S/C17H16FNO5S/c1-19(2)25(22,23)15-5-3-4-13(10-15)17(21)24-11-16(20)12-6-8-14(18)9-7-12/h3-10H,11H2,1-2H3. The summed E-state index contributed by atoms with van der Waals surface area (Å²) in [5.41, 5.74) is 0.216. The number of benzene rings is 2. The molecule has 0 bridgehead atoms. The van der Waals surface area contributed by atoms with Gasteiger partial charge >= 0.3 is 5.97 Å². The Hall–Kier alpha value is -2.58. The molecule has 0 spiro atoms. The van der Waals surface area contributed by atoms with E-state index in [1.165, 1.54) is 50.5 Å². The molecule has 0 aliphatic carbocycles. The Morgan fingerprint density at radius 3 is 2.28 bits per heavy atom. The molecule has 0 aliphatic heterocycles. The van der Waals surface area contributed by atoms with E-state index in [1.54, 1.807) is 0 Å². The molecule has 0 atom stereocenters. The van der Waals surface area contributed by atoms with Crippen LogP contribution in [0.1, 0.15) is 20.7 Å². The van der Waals surface area contributed by atoms with Crippen LogP contribution in [0, 0.1) is 5.82 Å². The average molecular weight is 365 g/mol. The molecular formula is C17H16FNO5S. The number of ether oxygens (including phenoxy) is 1. The van der Waals surface area contributed by atoms with Gasteiger partial charge in [0.1, 0.15) is 5.82 Å². The molecule has 0 N–H and O–H groups in total. The van der Waals surface area contributed by atoms with Crippen LogP contribution in [0.25, 0.3) is 0 Å². The Kier molecular flexibility index (Phi) is 5.66. The summed E-state index contributed by atoms with van der Waals surface area (Å²) in [6, 6.07) is 10.2. The highest BCUT2D eigenvalue weighted by Crippen LogP contribution is 2.15. The average Bonchev–Trinajstić information content (AvgIpc) is 2.60. The van der Waals surface area contributed by atoms with E-state index >= 15 is 0 Å². The number of ketones is 1. The number of carbonyl (C=O) groups excluding carboxylic acids is 2. The van der Waals surface area contributed by atoms with Crippen LogP contribution in [0.3, 0.4) is 0 Å². The molecule has 0 radical (unpaired) electrons. The fraction of sp³-hybridized carbons (Fsp3) is 0.176. The zero-order valence-electron chi connectivity index (χ0n) is 13.6. The highest BCUT2D eigenvalue weighted by atomic mass is 32.2. The first-order valence-electron chi connectivity index (χ1n) is 7.20. The molecule has 0 heterocycles. The first kappa shape index (κ1) is 18.8. The number of hydrogen-bond donors (Lipinski definition) is 0. The summed E-state index contributed by atoms with van der Waals surface area (Å²) in [5, 5.41) is 0. The van der Waals surface area contributed by atoms with Crippen molar-refractivity contribution in [2.75, 3.05) is 20.7 Å². The third kappa shape index (κ3) is 4.49. The molecule has 0 aromatic heterocycles. The number of sulfonamides is 1. The number of Topliss-reactive ketones (excluding diaryl/α,β-unsaturated/α-hetero) is 1. The zero-order valence-corrected chi connectivity index (χ0v) is 14.4. The monoisotopic (exact) mass is 365 g/mol. The van der Waals surface area contributed by atoms with Gasteiger partial charge in [-0.25, -0.2) is 21.9 Å². The molecule has 25 heavy (non-hydrogen) atoms. The second-order valence-corrected chi connectivity index (χ2v) is 7.47. The quantitative estimate of drug-likeness (QED) is 0.579. The van der Waals surface area contributed by atoms with Crippen LogP contribution in [-0.4, -0.2) is 45.2 Å². The maximum absolute atomic E-state index is 12.8. The lowest BCUT2D eigenvalue weighted by Crippen LogP contribution is -2.22. The van der Waals surface area contributed by atoms with Crippen LogP contribution < -0.4 is 0 Å². The highest BCUT2D eigenvalue weighted by Gasteiger charge is 2.19. The van der Waals surface area contributed by atoms with Gasteiger partial charge < -0.3 is 4.74 Å². The summed E-state index contributed by atoms with van der Waals surface area (Å²) in [6.07, 6.45) is 0. The van der Waals surface area contributed by atoms with Crippen molar-refractivity contribution >= 4 is 21.8 Å².